The van der Waals surface area contributed by atoms with Crippen LogP contribution in [0.1, 0.15) is 304 Å². The van der Waals surface area contributed by atoms with Crippen molar-refractivity contribution < 1.29 is 28.6 Å². The molecule has 362 valence electrons. The zero-order valence-electron chi connectivity index (χ0n) is 41.8. The summed E-state index contributed by atoms with van der Waals surface area (Å²) in [6, 6.07) is 0. The van der Waals surface area contributed by atoms with Crippen molar-refractivity contribution in [1.29, 1.82) is 0 Å². The van der Waals surface area contributed by atoms with Crippen LogP contribution in [0.3, 0.4) is 0 Å². The van der Waals surface area contributed by atoms with E-state index in [9.17, 15) is 14.4 Å². The van der Waals surface area contributed by atoms with E-state index >= 15 is 0 Å². The quantitative estimate of drug-likeness (QED) is 0.0344. The second-order valence-electron chi connectivity index (χ2n) is 19.8. The molecule has 6 heteroatoms. The van der Waals surface area contributed by atoms with Gasteiger partial charge in [-0.1, -0.05) is 266 Å². The highest BCUT2D eigenvalue weighted by Crippen LogP contribution is 2.18. The lowest BCUT2D eigenvalue weighted by Gasteiger charge is -2.18. The Morgan fingerprint density at radius 3 is 0.803 bits per heavy atom. The van der Waals surface area contributed by atoms with Crippen molar-refractivity contribution in [3.63, 3.8) is 0 Å². The van der Waals surface area contributed by atoms with E-state index in [0.717, 1.165) is 69.6 Å². The molecule has 0 aliphatic carbocycles. The monoisotopic (exact) mass is 863 g/mol. The number of carbonyl (C=O) groups is 3. The van der Waals surface area contributed by atoms with E-state index in [4.69, 9.17) is 14.2 Å². The van der Waals surface area contributed by atoms with Gasteiger partial charge in [-0.3, -0.25) is 14.4 Å². The summed E-state index contributed by atoms with van der Waals surface area (Å²) in [5.41, 5.74) is 0. The van der Waals surface area contributed by atoms with Crippen LogP contribution >= 0.6 is 0 Å². The largest absolute Gasteiger partial charge is 0.462 e. The lowest BCUT2D eigenvalue weighted by atomic mass is 10.0. The fourth-order valence-electron chi connectivity index (χ4n) is 8.34. The standard InChI is InChI=1S/C55H106O6/c1-6-7-8-9-10-11-12-14-20-25-30-35-40-45-53(56)59-48-52(49-60-54(57)46-41-36-31-26-22-17-19-24-29-34-39-44-51(4)5)61-55(58)47-42-37-32-27-21-16-13-15-18-23-28-33-38-43-50(2)3/h50-52H,6-49H2,1-5H3/t52-/m0/s1. The minimum absolute atomic E-state index is 0.0631. The van der Waals surface area contributed by atoms with Gasteiger partial charge in [0, 0.05) is 19.3 Å². The summed E-state index contributed by atoms with van der Waals surface area (Å²) in [5.74, 6) is 0.821. The first-order valence-corrected chi connectivity index (χ1v) is 27.2. The molecule has 0 aromatic rings. The van der Waals surface area contributed by atoms with Crippen molar-refractivity contribution in [3.05, 3.63) is 0 Å². The summed E-state index contributed by atoms with van der Waals surface area (Å²) in [7, 11) is 0. The number of rotatable bonds is 49. The number of carbonyl (C=O) groups excluding carboxylic acids is 3. The maximum absolute atomic E-state index is 12.8. The third-order valence-electron chi connectivity index (χ3n) is 12.5. The predicted molar refractivity (Wildman–Crippen MR) is 261 cm³/mol. The molecule has 0 fully saturated rings. The molecule has 0 spiro atoms. The van der Waals surface area contributed by atoms with Gasteiger partial charge in [-0.25, -0.2) is 0 Å². The lowest BCUT2D eigenvalue weighted by molar-refractivity contribution is -0.167. The number of unbranched alkanes of at least 4 members (excludes halogenated alkanes) is 34. The second kappa shape index (κ2) is 47.9. The van der Waals surface area contributed by atoms with Crippen molar-refractivity contribution in [2.24, 2.45) is 11.8 Å². The Balaban J connectivity index is 4.31. The van der Waals surface area contributed by atoms with Crippen LogP contribution in [-0.4, -0.2) is 37.2 Å². The SMILES string of the molecule is CCCCCCCCCCCCCCCC(=O)OC[C@@H](COC(=O)CCCCCCCCCCCCCC(C)C)OC(=O)CCCCCCCCCCCCCCCC(C)C. The van der Waals surface area contributed by atoms with E-state index < -0.39 is 6.10 Å². The number of esters is 3. The fourth-order valence-corrected chi connectivity index (χ4v) is 8.34. The molecule has 0 bridgehead atoms. The molecule has 61 heavy (non-hydrogen) atoms. The van der Waals surface area contributed by atoms with Gasteiger partial charge in [-0.05, 0) is 31.1 Å². The fraction of sp³-hybridized carbons (Fsp3) is 0.945. The third kappa shape index (κ3) is 49.3. The van der Waals surface area contributed by atoms with Crippen LogP contribution in [0.4, 0.5) is 0 Å². The summed E-state index contributed by atoms with van der Waals surface area (Å²) in [6.07, 6.45) is 49.4. The molecule has 0 aliphatic heterocycles. The van der Waals surface area contributed by atoms with E-state index in [1.807, 2.05) is 0 Å². The van der Waals surface area contributed by atoms with E-state index in [0.29, 0.717) is 19.3 Å². The normalized spacial score (nSPS) is 12.0. The smallest absolute Gasteiger partial charge is 0.306 e. The first kappa shape index (κ1) is 59.4. The average molecular weight is 863 g/mol. The predicted octanol–water partition coefficient (Wildman–Crippen LogP) is 17.7. The molecular weight excluding hydrogens is 757 g/mol. The van der Waals surface area contributed by atoms with Crippen molar-refractivity contribution in [2.75, 3.05) is 13.2 Å². The number of hydrogen-bond acceptors (Lipinski definition) is 6. The highest BCUT2D eigenvalue weighted by molar-refractivity contribution is 5.71. The van der Waals surface area contributed by atoms with Gasteiger partial charge in [0.05, 0.1) is 0 Å². The molecule has 1 atom stereocenters. The Hall–Kier alpha value is -1.59. The molecule has 0 heterocycles. The van der Waals surface area contributed by atoms with Crippen molar-refractivity contribution in [2.45, 2.75) is 310 Å². The molecular formula is C55H106O6. The molecule has 0 aromatic heterocycles. The van der Waals surface area contributed by atoms with Crippen LogP contribution in [0.5, 0.6) is 0 Å². The lowest BCUT2D eigenvalue weighted by Crippen LogP contribution is -2.30. The van der Waals surface area contributed by atoms with Gasteiger partial charge in [0.15, 0.2) is 6.10 Å². The van der Waals surface area contributed by atoms with Crippen molar-refractivity contribution in [3.8, 4) is 0 Å². The van der Waals surface area contributed by atoms with E-state index in [1.165, 1.54) is 193 Å². The van der Waals surface area contributed by atoms with Gasteiger partial charge in [0.1, 0.15) is 13.2 Å². The van der Waals surface area contributed by atoms with Gasteiger partial charge < -0.3 is 14.2 Å². The Morgan fingerprint density at radius 1 is 0.311 bits per heavy atom. The Morgan fingerprint density at radius 2 is 0.541 bits per heavy atom. The third-order valence-corrected chi connectivity index (χ3v) is 12.5. The number of ether oxygens (including phenoxy) is 3. The van der Waals surface area contributed by atoms with Crippen LogP contribution in [0.15, 0.2) is 0 Å². The highest BCUT2D eigenvalue weighted by atomic mass is 16.6. The summed E-state index contributed by atoms with van der Waals surface area (Å²) in [5, 5.41) is 0. The molecule has 0 saturated heterocycles. The van der Waals surface area contributed by atoms with Crippen LogP contribution in [0.2, 0.25) is 0 Å². The van der Waals surface area contributed by atoms with Crippen LogP contribution in [0.25, 0.3) is 0 Å². The molecule has 0 unspecified atom stereocenters. The topological polar surface area (TPSA) is 78.9 Å². The van der Waals surface area contributed by atoms with E-state index in [-0.39, 0.29) is 31.1 Å². The molecule has 0 amide bonds. The van der Waals surface area contributed by atoms with E-state index in [2.05, 4.69) is 34.6 Å². The summed E-state index contributed by atoms with van der Waals surface area (Å²) in [4.78, 5) is 38.0. The minimum Gasteiger partial charge on any atom is -0.462 e. The minimum atomic E-state index is -0.762. The van der Waals surface area contributed by atoms with Crippen LogP contribution < -0.4 is 0 Å². The maximum atomic E-state index is 12.8. The highest BCUT2D eigenvalue weighted by Gasteiger charge is 2.19. The molecule has 0 radical (unpaired) electrons. The Kier molecular flexibility index (Phi) is 46.6. The zero-order valence-corrected chi connectivity index (χ0v) is 41.8. The van der Waals surface area contributed by atoms with Crippen LogP contribution in [-0.2, 0) is 28.6 Å². The van der Waals surface area contributed by atoms with E-state index in [1.54, 1.807) is 0 Å². The van der Waals surface area contributed by atoms with Crippen LogP contribution in [0, 0.1) is 11.8 Å². The first-order chi connectivity index (χ1) is 29.7. The Labute approximate surface area is 380 Å². The van der Waals surface area contributed by atoms with Gasteiger partial charge in [0.25, 0.3) is 0 Å². The molecule has 0 aliphatic rings. The maximum Gasteiger partial charge on any atom is 0.306 e. The first-order valence-electron chi connectivity index (χ1n) is 27.2. The van der Waals surface area contributed by atoms with Gasteiger partial charge in [0.2, 0.25) is 0 Å². The molecule has 0 N–H and O–H groups in total. The van der Waals surface area contributed by atoms with Gasteiger partial charge in [-0.15, -0.1) is 0 Å². The van der Waals surface area contributed by atoms with Gasteiger partial charge in [-0.2, -0.15) is 0 Å². The summed E-state index contributed by atoms with van der Waals surface area (Å²) in [6.45, 7) is 11.4. The Bertz CT molecular complexity index is 931. The summed E-state index contributed by atoms with van der Waals surface area (Å²) < 4.78 is 16.8. The average Bonchev–Trinajstić information content (AvgIpc) is 3.23. The molecule has 0 rings (SSSR count). The molecule has 6 nitrogen and oxygen atoms in total. The molecule has 0 aromatic carbocycles. The van der Waals surface area contributed by atoms with Crippen molar-refractivity contribution in [1.82, 2.24) is 0 Å². The second-order valence-corrected chi connectivity index (χ2v) is 19.8. The molecule has 0 saturated carbocycles. The van der Waals surface area contributed by atoms with Gasteiger partial charge >= 0.3 is 17.9 Å². The number of hydrogen-bond donors (Lipinski definition) is 0. The summed E-state index contributed by atoms with van der Waals surface area (Å²) >= 11 is 0. The van der Waals surface area contributed by atoms with Crippen molar-refractivity contribution >= 4 is 17.9 Å². The zero-order chi connectivity index (χ0) is 44.7.